The van der Waals surface area contributed by atoms with E-state index in [1.807, 2.05) is 73.7 Å². The lowest BCUT2D eigenvalue weighted by Crippen LogP contribution is -2.37. The summed E-state index contributed by atoms with van der Waals surface area (Å²) in [5.74, 6) is 1.54. The zero-order valence-corrected chi connectivity index (χ0v) is 26.1. The molecule has 0 saturated heterocycles. The van der Waals surface area contributed by atoms with Crippen LogP contribution in [0.5, 0.6) is 11.5 Å². The highest BCUT2D eigenvalue weighted by Gasteiger charge is 2.39. The second kappa shape index (κ2) is 15.9. The van der Waals surface area contributed by atoms with Crippen LogP contribution in [-0.2, 0) is 19.4 Å². The van der Waals surface area contributed by atoms with E-state index in [-0.39, 0.29) is 24.8 Å². The van der Waals surface area contributed by atoms with Crippen molar-refractivity contribution in [3.8, 4) is 17.6 Å². The van der Waals surface area contributed by atoms with Gasteiger partial charge in [-0.25, -0.2) is 4.67 Å². The molecular formula is C33H43N2O5P. The fraction of sp³-hybridized carbons (Fsp3) is 0.424. The van der Waals surface area contributed by atoms with Gasteiger partial charge in [-0.15, -0.1) is 0 Å². The van der Waals surface area contributed by atoms with Crippen LogP contribution >= 0.6 is 8.53 Å². The van der Waals surface area contributed by atoms with Crippen molar-refractivity contribution < 1.29 is 23.3 Å². The molecule has 3 aromatic rings. The van der Waals surface area contributed by atoms with E-state index in [0.29, 0.717) is 13.0 Å². The average Bonchev–Trinajstić information content (AvgIpc) is 2.98. The Balaban J connectivity index is 2.02. The molecule has 0 aliphatic rings. The summed E-state index contributed by atoms with van der Waals surface area (Å²) < 4.78 is 32.8. The summed E-state index contributed by atoms with van der Waals surface area (Å²) in [6.07, 6.45) is 0.00571. The monoisotopic (exact) mass is 578 g/mol. The van der Waals surface area contributed by atoms with Crippen molar-refractivity contribution >= 4 is 8.53 Å². The Kier molecular flexibility index (Phi) is 12.6. The molecule has 2 unspecified atom stereocenters. The molecule has 0 heterocycles. The molecule has 220 valence electrons. The molecule has 0 aliphatic heterocycles. The second-order valence-electron chi connectivity index (χ2n) is 10.3. The Morgan fingerprint density at radius 2 is 1.24 bits per heavy atom. The number of methoxy groups -OCH3 is 2. The molecule has 2 atom stereocenters. The third-order valence-electron chi connectivity index (χ3n) is 6.64. The summed E-state index contributed by atoms with van der Waals surface area (Å²) in [5.41, 5.74) is 1.97. The maximum Gasteiger partial charge on any atom is 0.259 e. The van der Waals surface area contributed by atoms with Gasteiger partial charge in [0, 0.05) is 12.1 Å². The maximum atomic E-state index is 9.07. The van der Waals surface area contributed by atoms with E-state index < -0.39 is 14.1 Å². The summed E-state index contributed by atoms with van der Waals surface area (Å²) in [5, 5.41) is 9.07. The van der Waals surface area contributed by atoms with Crippen LogP contribution in [0.15, 0.2) is 78.9 Å². The Hall–Kier alpha value is -2.98. The first-order valence-electron chi connectivity index (χ1n) is 14.0. The molecule has 3 rings (SSSR count). The van der Waals surface area contributed by atoms with Crippen LogP contribution in [0, 0.1) is 11.3 Å². The summed E-state index contributed by atoms with van der Waals surface area (Å²) >= 11 is 0. The molecule has 3 aromatic carbocycles. The van der Waals surface area contributed by atoms with Gasteiger partial charge in [-0.3, -0.25) is 0 Å². The van der Waals surface area contributed by atoms with Crippen molar-refractivity contribution in [2.24, 2.45) is 0 Å². The van der Waals surface area contributed by atoms with E-state index in [1.165, 1.54) is 0 Å². The molecule has 0 amide bonds. The van der Waals surface area contributed by atoms with Crippen molar-refractivity contribution in [2.45, 2.75) is 64.8 Å². The molecule has 8 heteroatoms. The van der Waals surface area contributed by atoms with Crippen LogP contribution in [-0.4, -0.2) is 50.3 Å². The Morgan fingerprint density at radius 1 is 0.756 bits per heavy atom. The van der Waals surface area contributed by atoms with Crippen molar-refractivity contribution in [3.63, 3.8) is 0 Å². The van der Waals surface area contributed by atoms with Crippen LogP contribution < -0.4 is 9.47 Å². The molecule has 0 radical (unpaired) electrons. The normalized spacial score (nSPS) is 13.3. The van der Waals surface area contributed by atoms with E-state index in [1.54, 1.807) is 14.2 Å². The third-order valence-corrected chi connectivity index (χ3v) is 8.88. The quantitative estimate of drug-likeness (QED) is 0.0980. The fourth-order valence-corrected chi connectivity index (χ4v) is 6.47. The van der Waals surface area contributed by atoms with Crippen molar-refractivity contribution in [1.29, 1.82) is 5.26 Å². The molecule has 0 N–H and O–H groups in total. The number of nitrogens with zero attached hydrogens (tertiary/aromatic N) is 2. The summed E-state index contributed by atoms with van der Waals surface area (Å²) in [4.78, 5) is 0. The molecule has 0 aromatic heterocycles. The van der Waals surface area contributed by atoms with E-state index in [4.69, 9.17) is 28.5 Å². The Bertz CT molecular complexity index is 1160. The van der Waals surface area contributed by atoms with E-state index in [0.717, 1.165) is 28.2 Å². The minimum absolute atomic E-state index is 0.207. The van der Waals surface area contributed by atoms with Crippen LogP contribution in [0.4, 0.5) is 0 Å². The Morgan fingerprint density at radius 3 is 1.68 bits per heavy atom. The number of benzene rings is 3. The van der Waals surface area contributed by atoms with Crippen LogP contribution in [0.3, 0.4) is 0 Å². The van der Waals surface area contributed by atoms with Crippen LogP contribution in [0.25, 0.3) is 0 Å². The highest BCUT2D eigenvalue weighted by molar-refractivity contribution is 7.44. The highest BCUT2D eigenvalue weighted by Crippen LogP contribution is 2.48. The van der Waals surface area contributed by atoms with Crippen molar-refractivity contribution in [1.82, 2.24) is 4.67 Å². The lowest BCUT2D eigenvalue weighted by atomic mass is 9.80. The highest BCUT2D eigenvalue weighted by atomic mass is 31.2. The van der Waals surface area contributed by atoms with Crippen molar-refractivity contribution in [2.75, 3.05) is 27.4 Å². The van der Waals surface area contributed by atoms with Gasteiger partial charge in [0.05, 0.1) is 46.0 Å². The van der Waals surface area contributed by atoms with Gasteiger partial charge >= 0.3 is 0 Å². The number of hydrogen-bond acceptors (Lipinski definition) is 7. The van der Waals surface area contributed by atoms with E-state index >= 15 is 0 Å². The van der Waals surface area contributed by atoms with Gasteiger partial charge in [0.1, 0.15) is 17.1 Å². The van der Waals surface area contributed by atoms with Gasteiger partial charge in [0.2, 0.25) is 0 Å². The predicted octanol–water partition coefficient (Wildman–Crippen LogP) is 7.69. The number of hydrogen-bond donors (Lipinski definition) is 0. The zero-order valence-electron chi connectivity index (χ0n) is 25.2. The van der Waals surface area contributed by atoms with Gasteiger partial charge in [-0.2, -0.15) is 5.26 Å². The number of rotatable bonds is 16. The summed E-state index contributed by atoms with van der Waals surface area (Å²) in [6, 6.07) is 28.7. The maximum absolute atomic E-state index is 9.07. The first-order chi connectivity index (χ1) is 19.8. The van der Waals surface area contributed by atoms with Crippen LogP contribution in [0.2, 0.25) is 0 Å². The largest absolute Gasteiger partial charge is 0.497 e. The fourth-order valence-electron chi connectivity index (χ4n) is 4.80. The second-order valence-corrected chi connectivity index (χ2v) is 11.7. The third kappa shape index (κ3) is 8.29. The molecule has 41 heavy (non-hydrogen) atoms. The molecule has 0 saturated carbocycles. The SMILES string of the molecule is COc1ccc(C(OCC(C)OP(OCCC#N)N(C(C)C)C(C)C)(c2ccccc2)c2ccc(OC)cc2)cc1. The number of nitriles is 1. The molecule has 0 spiro atoms. The van der Waals surface area contributed by atoms with E-state index in [9.17, 15) is 0 Å². The van der Waals surface area contributed by atoms with Gasteiger partial charge in [-0.05, 0) is 75.6 Å². The first-order valence-corrected chi connectivity index (χ1v) is 15.1. The average molecular weight is 579 g/mol. The molecule has 7 nitrogen and oxygen atoms in total. The van der Waals surface area contributed by atoms with Gasteiger partial charge < -0.3 is 23.3 Å². The predicted molar refractivity (Wildman–Crippen MR) is 164 cm³/mol. The van der Waals surface area contributed by atoms with Gasteiger partial charge in [-0.1, -0.05) is 54.6 Å². The zero-order chi connectivity index (χ0) is 29.8. The topological polar surface area (TPSA) is 73.2 Å². The van der Waals surface area contributed by atoms with Crippen LogP contribution in [0.1, 0.15) is 57.7 Å². The molecule has 0 bridgehead atoms. The minimum atomic E-state index is -1.41. The minimum Gasteiger partial charge on any atom is -0.497 e. The number of ether oxygens (including phenoxy) is 3. The van der Waals surface area contributed by atoms with Crippen molar-refractivity contribution in [3.05, 3.63) is 95.6 Å². The first kappa shape index (κ1) is 32.5. The molecule has 0 fully saturated rings. The Labute approximate surface area is 246 Å². The van der Waals surface area contributed by atoms with Gasteiger partial charge in [0.25, 0.3) is 8.53 Å². The summed E-state index contributed by atoms with van der Waals surface area (Å²) in [6.45, 7) is 11.1. The lowest BCUT2D eigenvalue weighted by Gasteiger charge is -2.39. The molecule has 0 aliphatic carbocycles. The van der Waals surface area contributed by atoms with Gasteiger partial charge in [0.15, 0.2) is 0 Å². The lowest BCUT2D eigenvalue weighted by molar-refractivity contribution is -0.0293. The van der Waals surface area contributed by atoms with E-state index in [2.05, 4.69) is 50.6 Å². The standard InChI is InChI=1S/C33H43N2O5P/c1-25(2)35(26(3)4)41(39-23-11-22-34)40-27(5)24-38-33(28-12-9-8-10-13-28,29-14-18-31(36-6)19-15-29)30-16-20-32(37-7)21-17-30/h8-10,12-21,25-27H,11,23-24H2,1-7H3. The smallest absolute Gasteiger partial charge is 0.259 e. The molecular weight excluding hydrogens is 535 g/mol. The summed E-state index contributed by atoms with van der Waals surface area (Å²) in [7, 11) is 1.91.